The lowest BCUT2D eigenvalue weighted by atomic mass is 9.95. The molecule has 0 unspecified atom stereocenters. The molecular weight excluding hydrogens is 395 g/mol. The average Bonchev–Trinajstić information content (AvgIpc) is 2.57. The largest absolute Gasteiger partial charge is 0.405 e. The van der Waals surface area contributed by atoms with E-state index in [2.05, 4.69) is 4.72 Å². The molecule has 0 bridgehead atoms. The lowest BCUT2D eigenvalue weighted by Crippen LogP contribution is -2.49. The Bertz CT molecular complexity index is 708. The average molecular weight is 418 g/mol. The maximum Gasteiger partial charge on any atom is 0.405 e. The van der Waals surface area contributed by atoms with Gasteiger partial charge in [-0.15, -0.1) is 12.4 Å². The lowest BCUT2D eigenvalue weighted by molar-refractivity contribution is -0.123. The number of halogens is 4. The zero-order valence-corrected chi connectivity index (χ0v) is 16.0. The maximum atomic E-state index is 12.3. The molecule has 1 amide bonds. The minimum atomic E-state index is -4.55. The van der Waals surface area contributed by atoms with Crippen LogP contribution in [0.3, 0.4) is 0 Å². The molecule has 0 saturated heterocycles. The number of sulfonamides is 1. The van der Waals surface area contributed by atoms with Crippen molar-refractivity contribution in [3.05, 3.63) is 29.8 Å². The van der Waals surface area contributed by atoms with Crippen molar-refractivity contribution in [3.63, 3.8) is 0 Å². The van der Waals surface area contributed by atoms with Crippen LogP contribution in [0, 0.1) is 0 Å². The number of hydrogen-bond donors (Lipinski definition) is 3. The van der Waals surface area contributed by atoms with E-state index >= 15 is 0 Å². The zero-order chi connectivity index (χ0) is 19.3. The molecule has 150 valence electrons. The summed E-state index contributed by atoms with van der Waals surface area (Å²) in [5.74, 6) is -1.01. The fourth-order valence-electron chi connectivity index (χ4n) is 1.91. The van der Waals surface area contributed by atoms with Gasteiger partial charge in [-0.05, 0) is 31.0 Å². The Balaban J connectivity index is 0.00000625. The van der Waals surface area contributed by atoms with Gasteiger partial charge in [-0.25, -0.2) is 13.1 Å². The highest BCUT2D eigenvalue weighted by Gasteiger charge is 2.28. The summed E-state index contributed by atoms with van der Waals surface area (Å²) in [6, 6.07) is 4.78. The van der Waals surface area contributed by atoms with Crippen molar-refractivity contribution in [1.29, 1.82) is 0 Å². The van der Waals surface area contributed by atoms with E-state index in [-0.39, 0.29) is 29.4 Å². The molecule has 1 aromatic carbocycles. The molecule has 0 aliphatic rings. The third kappa shape index (κ3) is 7.48. The molecule has 1 rings (SSSR count). The summed E-state index contributed by atoms with van der Waals surface area (Å²) < 4.78 is 63.5. The van der Waals surface area contributed by atoms with Crippen LogP contribution in [0.2, 0.25) is 0 Å². The Labute approximate surface area is 157 Å². The van der Waals surface area contributed by atoms with Crippen LogP contribution in [0.25, 0.3) is 0 Å². The highest BCUT2D eigenvalue weighted by molar-refractivity contribution is 7.89. The topological polar surface area (TPSA) is 101 Å². The Morgan fingerprint density at radius 3 is 2.23 bits per heavy atom. The van der Waals surface area contributed by atoms with Crippen LogP contribution in [-0.2, 0) is 10.0 Å². The quantitative estimate of drug-likeness (QED) is 0.603. The fraction of sp³-hybridized carbons (Fsp3) is 0.533. The van der Waals surface area contributed by atoms with Crippen LogP contribution in [0.1, 0.15) is 37.0 Å². The van der Waals surface area contributed by atoms with E-state index < -0.39 is 34.2 Å². The van der Waals surface area contributed by atoms with Crippen molar-refractivity contribution >= 4 is 28.3 Å². The van der Waals surface area contributed by atoms with Crippen molar-refractivity contribution in [2.24, 2.45) is 5.73 Å². The normalized spacial score (nSPS) is 12.4. The van der Waals surface area contributed by atoms with Gasteiger partial charge in [-0.3, -0.25) is 4.79 Å². The van der Waals surface area contributed by atoms with Crippen LogP contribution in [0.5, 0.6) is 0 Å². The summed E-state index contributed by atoms with van der Waals surface area (Å²) in [5, 5.41) is 1.69. The minimum Gasteiger partial charge on any atom is -0.343 e. The van der Waals surface area contributed by atoms with Crippen molar-refractivity contribution in [1.82, 2.24) is 10.0 Å². The van der Waals surface area contributed by atoms with E-state index in [1.807, 2.05) is 13.8 Å². The van der Waals surface area contributed by atoms with Crippen LogP contribution >= 0.6 is 12.4 Å². The van der Waals surface area contributed by atoms with E-state index in [9.17, 15) is 26.4 Å². The van der Waals surface area contributed by atoms with Gasteiger partial charge in [-0.2, -0.15) is 13.2 Å². The molecule has 0 heterocycles. The molecule has 0 aromatic heterocycles. The first-order valence-corrected chi connectivity index (χ1v) is 9.14. The highest BCUT2D eigenvalue weighted by atomic mass is 35.5. The molecule has 0 radical (unpaired) electrons. The second-order valence-electron chi connectivity index (χ2n) is 5.72. The van der Waals surface area contributed by atoms with Gasteiger partial charge < -0.3 is 11.1 Å². The van der Waals surface area contributed by atoms with Crippen LogP contribution in [-0.4, -0.2) is 39.1 Å². The number of nitrogens with one attached hydrogen (secondary N) is 2. The number of nitrogens with two attached hydrogens (primary N) is 1. The number of rotatable bonds is 8. The number of hydrogen-bond acceptors (Lipinski definition) is 4. The van der Waals surface area contributed by atoms with Gasteiger partial charge in [0.05, 0.1) is 4.90 Å². The molecule has 4 N–H and O–H groups in total. The maximum absolute atomic E-state index is 12.3. The third-order valence-corrected chi connectivity index (χ3v) is 5.28. The van der Waals surface area contributed by atoms with E-state index in [0.29, 0.717) is 12.8 Å². The number of carbonyl (C=O) groups excluding carboxylic acids is 1. The SMILES string of the molecule is CCC(N)(CC)CNS(=O)(=O)c1cccc(C(=O)NCC(F)(F)F)c1.Cl. The molecule has 26 heavy (non-hydrogen) atoms. The minimum absolute atomic E-state index is 0. The van der Waals surface area contributed by atoms with Gasteiger partial charge >= 0.3 is 6.18 Å². The summed E-state index contributed by atoms with van der Waals surface area (Å²) in [6.45, 7) is 2.18. The molecule has 0 atom stereocenters. The fourth-order valence-corrected chi connectivity index (χ4v) is 3.09. The summed E-state index contributed by atoms with van der Waals surface area (Å²) in [5.41, 5.74) is 5.16. The summed E-state index contributed by atoms with van der Waals surface area (Å²) in [7, 11) is -3.95. The summed E-state index contributed by atoms with van der Waals surface area (Å²) in [4.78, 5) is 11.5. The molecule has 1 aromatic rings. The smallest absolute Gasteiger partial charge is 0.343 e. The molecule has 0 fully saturated rings. The Kier molecular flexibility index (Phi) is 9.04. The standard InChI is InChI=1S/C15H22F3N3O3S.ClH/c1-3-14(19,4-2)9-21-25(23,24)12-7-5-6-11(8-12)13(22)20-10-15(16,17)18;/h5-8,21H,3-4,9-10,19H2,1-2H3,(H,20,22);1H. The second-order valence-corrected chi connectivity index (χ2v) is 7.49. The molecule has 6 nitrogen and oxygen atoms in total. The van der Waals surface area contributed by atoms with Crippen LogP contribution in [0.4, 0.5) is 13.2 Å². The van der Waals surface area contributed by atoms with Gasteiger partial charge in [0.15, 0.2) is 0 Å². The first-order valence-electron chi connectivity index (χ1n) is 7.66. The van der Waals surface area contributed by atoms with Gasteiger partial charge in [0, 0.05) is 17.6 Å². The van der Waals surface area contributed by atoms with Crippen molar-refractivity contribution in [2.45, 2.75) is 43.3 Å². The second kappa shape index (κ2) is 9.54. The number of alkyl halides is 3. The lowest BCUT2D eigenvalue weighted by Gasteiger charge is -2.26. The summed E-state index contributed by atoms with van der Waals surface area (Å²) in [6.07, 6.45) is -3.43. The van der Waals surface area contributed by atoms with Gasteiger partial charge in [0.25, 0.3) is 5.91 Å². The van der Waals surface area contributed by atoms with Crippen molar-refractivity contribution < 1.29 is 26.4 Å². The Hall–Kier alpha value is -1.36. The van der Waals surface area contributed by atoms with E-state index in [1.165, 1.54) is 18.2 Å². The zero-order valence-electron chi connectivity index (χ0n) is 14.4. The van der Waals surface area contributed by atoms with E-state index in [1.54, 1.807) is 5.32 Å². The first kappa shape index (κ1) is 24.6. The molecule has 0 aliphatic heterocycles. The summed E-state index contributed by atoms with van der Waals surface area (Å²) >= 11 is 0. The molecule has 0 saturated carbocycles. The van der Waals surface area contributed by atoms with Crippen LogP contribution < -0.4 is 15.8 Å². The van der Waals surface area contributed by atoms with Crippen molar-refractivity contribution in [3.8, 4) is 0 Å². The Morgan fingerprint density at radius 2 is 1.73 bits per heavy atom. The van der Waals surface area contributed by atoms with Gasteiger partial charge in [0.2, 0.25) is 10.0 Å². The monoisotopic (exact) mass is 417 g/mol. The number of amides is 1. The van der Waals surface area contributed by atoms with E-state index in [4.69, 9.17) is 5.73 Å². The van der Waals surface area contributed by atoms with Crippen LogP contribution in [0.15, 0.2) is 29.2 Å². The molecular formula is C15H23ClF3N3O3S. The Morgan fingerprint density at radius 1 is 1.15 bits per heavy atom. The first-order chi connectivity index (χ1) is 11.4. The van der Waals surface area contributed by atoms with Crippen molar-refractivity contribution in [2.75, 3.05) is 13.1 Å². The molecule has 0 aliphatic carbocycles. The number of benzene rings is 1. The van der Waals surface area contributed by atoms with E-state index in [0.717, 1.165) is 6.07 Å². The third-order valence-electron chi connectivity index (χ3n) is 3.88. The highest BCUT2D eigenvalue weighted by Crippen LogP contribution is 2.16. The predicted octanol–water partition coefficient (Wildman–Crippen LogP) is 2.20. The molecule has 11 heteroatoms. The number of carbonyl (C=O) groups is 1. The molecule has 0 spiro atoms. The van der Waals surface area contributed by atoms with Gasteiger partial charge in [0.1, 0.15) is 6.54 Å². The predicted molar refractivity (Wildman–Crippen MR) is 94.8 cm³/mol. The van der Waals surface area contributed by atoms with Gasteiger partial charge in [-0.1, -0.05) is 19.9 Å².